The quantitative estimate of drug-likeness (QED) is 0.0441. The number of carbonyl (C=O) groups is 9. The number of fused-ring (bicyclic) bond motifs is 3. The lowest BCUT2D eigenvalue weighted by molar-refractivity contribution is -0.143. The molecule has 0 saturated carbocycles. The zero-order valence-corrected chi connectivity index (χ0v) is 42.6. The Morgan fingerprint density at radius 2 is 1.47 bits per heavy atom. The number of nitrogens with zero attached hydrogens (tertiary/aromatic N) is 2. The second kappa shape index (κ2) is 27.3. The summed E-state index contributed by atoms with van der Waals surface area (Å²) in [6.45, 7) is 3.44. The normalized spacial score (nSPS) is 22.1. The lowest BCUT2D eigenvalue weighted by atomic mass is 9.99. The zero-order chi connectivity index (χ0) is 54.0. The highest BCUT2D eigenvalue weighted by Gasteiger charge is 2.41. The van der Waals surface area contributed by atoms with Crippen molar-refractivity contribution < 1.29 is 43.2 Å². The van der Waals surface area contributed by atoms with Gasteiger partial charge in [-0.25, -0.2) is 0 Å². The fourth-order valence-corrected chi connectivity index (χ4v) is 9.54. The van der Waals surface area contributed by atoms with Crippen molar-refractivity contribution in [1.82, 2.24) is 47.1 Å². The number of hydrogen-bond donors (Lipinski definition) is 11. The number of primary amides is 1. The predicted octanol–water partition coefficient (Wildman–Crippen LogP) is 0.445. The molecule has 2 aliphatic heterocycles. The van der Waals surface area contributed by atoms with Crippen LogP contribution in [0.2, 0.25) is 0 Å². The van der Waals surface area contributed by atoms with Crippen LogP contribution in [0, 0.1) is 0 Å². The van der Waals surface area contributed by atoms with Crippen LogP contribution in [0.4, 0.5) is 0 Å². The van der Waals surface area contributed by atoms with Gasteiger partial charge in [0.15, 0.2) is 5.96 Å². The Hall–Kier alpha value is -8.04. The number of amides is 9. The Morgan fingerprint density at radius 3 is 2.21 bits per heavy atom. The maximum Gasteiger partial charge on any atom is 0.246 e. The summed E-state index contributed by atoms with van der Waals surface area (Å²) in [6.07, 6.45) is 4.03. The second-order valence-corrected chi connectivity index (χ2v) is 19.2. The van der Waals surface area contributed by atoms with Crippen LogP contribution in [0.3, 0.4) is 0 Å². The molecule has 0 spiro atoms. The topological polar surface area (TPSA) is 347 Å². The van der Waals surface area contributed by atoms with E-state index >= 15 is 0 Å². The molecule has 6 rings (SSSR count). The minimum Gasteiger partial charge on any atom is -0.370 e. The molecule has 22 heteroatoms. The van der Waals surface area contributed by atoms with Gasteiger partial charge in [-0.05, 0) is 79.3 Å². The summed E-state index contributed by atoms with van der Waals surface area (Å²) < 4.78 is 0. The van der Waals surface area contributed by atoms with Crippen LogP contribution in [-0.4, -0.2) is 131 Å². The lowest BCUT2D eigenvalue weighted by Gasteiger charge is -2.31. The molecular formula is C53H71N13O9. The van der Waals surface area contributed by atoms with Gasteiger partial charge < -0.3 is 64.3 Å². The van der Waals surface area contributed by atoms with E-state index in [4.69, 9.17) is 17.2 Å². The molecule has 3 aromatic carbocycles. The van der Waals surface area contributed by atoms with Crippen molar-refractivity contribution in [3.05, 3.63) is 84.1 Å². The Balaban J connectivity index is 1.38. The van der Waals surface area contributed by atoms with Crippen LogP contribution in [0.15, 0.2) is 77.9 Å². The van der Waals surface area contributed by atoms with E-state index < -0.39 is 102 Å². The third kappa shape index (κ3) is 16.2. The van der Waals surface area contributed by atoms with Gasteiger partial charge in [0.1, 0.15) is 42.3 Å². The van der Waals surface area contributed by atoms with Gasteiger partial charge in [-0.3, -0.25) is 48.1 Å². The van der Waals surface area contributed by atoms with Crippen molar-refractivity contribution in [2.45, 2.75) is 140 Å². The zero-order valence-electron chi connectivity index (χ0n) is 42.6. The molecule has 2 fully saturated rings. The number of para-hydroxylation sites is 1. The molecule has 0 aliphatic carbocycles. The first kappa shape index (κ1) is 56.3. The third-order valence-corrected chi connectivity index (χ3v) is 13.5. The minimum absolute atomic E-state index is 0.0255. The lowest BCUT2D eigenvalue weighted by Crippen LogP contribution is -2.60. The van der Waals surface area contributed by atoms with Crippen molar-refractivity contribution in [3.63, 3.8) is 0 Å². The predicted molar refractivity (Wildman–Crippen MR) is 282 cm³/mol. The van der Waals surface area contributed by atoms with Gasteiger partial charge in [-0.2, -0.15) is 0 Å². The van der Waals surface area contributed by atoms with Gasteiger partial charge >= 0.3 is 0 Å². The fraction of sp³-hybridized carbons (Fsp3) is 0.472. The number of benzene rings is 3. The Morgan fingerprint density at radius 1 is 0.773 bits per heavy atom. The fourth-order valence-electron chi connectivity index (χ4n) is 9.54. The van der Waals surface area contributed by atoms with Crippen molar-refractivity contribution in [2.24, 2.45) is 22.2 Å². The number of aromatic nitrogens is 1. The highest BCUT2D eigenvalue weighted by molar-refractivity contribution is 5.99. The highest BCUT2D eigenvalue weighted by atomic mass is 16.2. The molecule has 2 saturated heterocycles. The van der Waals surface area contributed by atoms with Gasteiger partial charge in [0, 0.05) is 56.5 Å². The van der Waals surface area contributed by atoms with Crippen LogP contribution >= 0.6 is 0 Å². The largest absolute Gasteiger partial charge is 0.370 e. The standard InChI is InChI=1S/C53H71N13O9/c1-3-4-16-39(60-31(2)67)47(70)65-43-29-45(68)57-23-10-9-18-38(46(54)69)61-50(73)42(28-35-30-59-37-17-8-7-15-36(35)37)63-48(71)40(19-11-24-58-53(55)56)62-49(72)41(64-51(74)44-20-12-25-66(44)52(43)75)27-32-21-22-33-13-5-6-14-34(33)26-32/h5-8,13-15,17,21-22,26,30,38-44,59H,3-4,9-12,16,18-20,23-25,27-29H2,1-2H3,(H2,54,69)(H,57,68)(H,60,67)(H,61,73)(H,62,72)(H,63,71)(H,64,74)(H,65,70)(H4,55,56,58)/t38-,39-,40-,41-,42-,43-,44-/m0/s1. The molecule has 75 heavy (non-hydrogen) atoms. The summed E-state index contributed by atoms with van der Waals surface area (Å²) in [4.78, 5) is 134. The summed E-state index contributed by atoms with van der Waals surface area (Å²) in [5.41, 5.74) is 19.2. The molecule has 402 valence electrons. The van der Waals surface area contributed by atoms with E-state index in [9.17, 15) is 43.2 Å². The number of nitrogens with two attached hydrogens (primary N) is 3. The van der Waals surface area contributed by atoms with Crippen molar-refractivity contribution >= 4 is 80.8 Å². The number of nitrogens with one attached hydrogen (secondary N) is 8. The number of guanidine groups is 1. The van der Waals surface area contributed by atoms with E-state index in [1.165, 1.54) is 11.8 Å². The molecule has 22 nitrogen and oxygen atoms in total. The number of carbonyl (C=O) groups excluding carboxylic acids is 9. The summed E-state index contributed by atoms with van der Waals surface area (Å²) in [6, 6.07) is 11.8. The van der Waals surface area contributed by atoms with E-state index in [1.807, 2.05) is 73.7 Å². The molecule has 14 N–H and O–H groups in total. The van der Waals surface area contributed by atoms with Gasteiger partial charge in [-0.15, -0.1) is 0 Å². The summed E-state index contributed by atoms with van der Waals surface area (Å²) in [7, 11) is 0. The smallest absolute Gasteiger partial charge is 0.246 e. The van der Waals surface area contributed by atoms with Crippen LogP contribution in [0.25, 0.3) is 21.7 Å². The van der Waals surface area contributed by atoms with Gasteiger partial charge in [0.25, 0.3) is 0 Å². The van der Waals surface area contributed by atoms with Crippen LogP contribution in [-0.2, 0) is 56.0 Å². The molecule has 2 aliphatic rings. The first-order valence-corrected chi connectivity index (χ1v) is 25.7. The summed E-state index contributed by atoms with van der Waals surface area (Å²) in [5, 5.41) is 21.9. The molecule has 3 heterocycles. The Bertz CT molecular complexity index is 2740. The van der Waals surface area contributed by atoms with E-state index in [0.717, 1.165) is 21.7 Å². The number of unbranched alkanes of at least 4 members (excludes halogenated alkanes) is 1. The molecule has 7 atom stereocenters. The number of H-pyrrole nitrogens is 1. The maximum absolute atomic E-state index is 14.8. The number of aromatic amines is 1. The molecular weight excluding hydrogens is 963 g/mol. The first-order valence-electron chi connectivity index (χ1n) is 25.7. The SMILES string of the molecule is CCCC[C@H](NC(C)=O)C(=O)N[C@H]1CC(=O)NCCCC[C@@H](C(N)=O)NC(=O)[C@H](Cc2c[nH]c3ccccc23)NC(=O)[C@H](CCCN=C(N)N)NC(=O)[C@H](Cc2ccc3ccccc3c2)NC(=O)[C@@H]2CCCN2C1=O. The van der Waals surface area contributed by atoms with E-state index in [-0.39, 0.29) is 77.0 Å². The van der Waals surface area contributed by atoms with Crippen molar-refractivity contribution in [3.8, 4) is 0 Å². The highest BCUT2D eigenvalue weighted by Crippen LogP contribution is 2.23. The Labute approximate surface area is 435 Å². The average molecular weight is 1030 g/mol. The van der Waals surface area contributed by atoms with Crippen molar-refractivity contribution in [2.75, 3.05) is 19.6 Å². The Kier molecular flexibility index (Phi) is 20.5. The molecule has 0 bridgehead atoms. The maximum atomic E-state index is 14.8. The number of rotatable bonds is 15. The minimum atomic E-state index is -1.47. The van der Waals surface area contributed by atoms with E-state index in [2.05, 4.69) is 47.2 Å². The van der Waals surface area contributed by atoms with Gasteiger partial charge in [0.05, 0.1) is 6.42 Å². The van der Waals surface area contributed by atoms with E-state index in [0.29, 0.717) is 36.8 Å². The summed E-state index contributed by atoms with van der Waals surface area (Å²) in [5.74, 6) is -6.45. The number of hydrogen-bond acceptors (Lipinski definition) is 10. The molecule has 4 aromatic rings. The number of aliphatic imine (C=N–C) groups is 1. The van der Waals surface area contributed by atoms with Crippen LogP contribution in [0.5, 0.6) is 0 Å². The first-order chi connectivity index (χ1) is 36.0. The van der Waals surface area contributed by atoms with Crippen LogP contribution < -0.4 is 54.4 Å². The average Bonchev–Trinajstić information content (AvgIpc) is 4.04. The molecule has 0 radical (unpaired) electrons. The monoisotopic (exact) mass is 1030 g/mol. The van der Waals surface area contributed by atoms with E-state index in [1.54, 1.807) is 6.20 Å². The summed E-state index contributed by atoms with van der Waals surface area (Å²) >= 11 is 0. The third-order valence-electron chi connectivity index (χ3n) is 13.5. The molecule has 9 amide bonds. The van der Waals surface area contributed by atoms with Gasteiger partial charge in [-0.1, -0.05) is 80.4 Å². The van der Waals surface area contributed by atoms with Gasteiger partial charge in [0.2, 0.25) is 53.2 Å². The van der Waals surface area contributed by atoms with Crippen molar-refractivity contribution in [1.29, 1.82) is 0 Å². The van der Waals surface area contributed by atoms with Crippen LogP contribution in [0.1, 0.15) is 95.6 Å². The second-order valence-electron chi connectivity index (χ2n) is 19.2. The molecule has 0 unspecified atom stereocenters. The molecule has 1 aromatic heterocycles.